The van der Waals surface area contributed by atoms with Crippen molar-refractivity contribution in [2.75, 3.05) is 30.9 Å². The number of hydrogen-bond acceptors (Lipinski definition) is 4. The average Bonchev–Trinajstić information content (AvgIpc) is 3.21. The van der Waals surface area contributed by atoms with Crippen LogP contribution in [0.4, 0.5) is 11.4 Å². The summed E-state index contributed by atoms with van der Waals surface area (Å²) in [5, 5.41) is 3.36. The Balaban J connectivity index is 1.63. The van der Waals surface area contributed by atoms with Gasteiger partial charge in [-0.1, -0.05) is 48.5 Å². The van der Waals surface area contributed by atoms with Crippen molar-refractivity contribution in [3.63, 3.8) is 0 Å². The van der Waals surface area contributed by atoms with Gasteiger partial charge < -0.3 is 10.2 Å². The topological polar surface area (TPSA) is 69.7 Å². The van der Waals surface area contributed by atoms with E-state index in [1.165, 1.54) is 18.4 Å². The van der Waals surface area contributed by atoms with E-state index >= 15 is 0 Å². The number of sulfonamides is 1. The van der Waals surface area contributed by atoms with Crippen molar-refractivity contribution in [1.82, 2.24) is 4.31 Å². The lowest BCUT2D eigenvalue weighted by Gasteiger charge is -2.21. The molecule has 0 fully saturated rings. The zero-order valence-corrected chi connectivity index (χ0v) is 18.4. The highest BCUT2D eigenvalue weighted by Gasteiger charge is 2.29. The monoisotopic (exact) mass is 435 g/mol. The van der Waals surface area contributed by atoms with Crippen molar-refractivity contribution in [1.29, 1.82) is 0 Å². The van der Waals surface area contributed by atoms with Crippen LogP contribution in [-0.4, -0.2) is 39.3 Å². The van der Waals surface area contributed by atoms with E-state index in [9.17, 15) is 13.2 Å². The molecule has 0 aromatic heterocycles. The molecule has 0 radical (unpaired) electrons. The third kappa shape index (κ3) is 4.19. The third-order valence-electron chi connectivity index (χ3n) is 5.46. The fraction of sp³-hybridized carbons (Fsp3) is 0.208. The summed E-state index contributed by atoms with van der Waals surface area (Å²) in [7, 11) is -0.576. The molecule has 0 unspecified atom stereocenters. The highest BCUT2D eigenvalue weighted by molar-refractivity contribution is 7.89. The molecule has 1 aliphatic heterocycles. The van der Waals surface area contributed by atoms with E-state index in [2.05, 4.69) is 5.32 Å². The van der Waals surface area contributed by atoms with Crippen LogP contribution in [-0.2, 0) is 23.0 Å². The van der Waals surface area contributed by atoms with Crippen LogP contribution in [0.5, 0.6) is 0 Å². The molecule has 0 saturated carbocycles. The van der Waals surface area contributed by atoms with Crippen molar-refractivity contribution in [2.24, 2.45) is 0 Å². The van der Waals surface area contributed by atoms with E-state index in [0.29, 0.717) is 30.8 Å². The lowest BCUT2D eigenvalue weighted by Crippen LogP contribution is -2.30. The van der Waals surface area contributed by atoms with E-state index in [1.807, 2.05) is 48.5 Å². The molecule has 0 saturated heterocycles. The van der Waals surface area contributed by atoms with Gasteiger partial charge in [0.2, 0.25) is 10.0 Å². The first-order chi connectivity index (χ1) is 14.9. The average molecular weight is 436 g/mol. The van der Waals surface area contributed by atoms with E-state index in [4.69, 9.17) is 0 Å². The zero-order chi connectivity index (χ0) is 22.0. The highest BCUT2D eigenvalue weighted by Crippen LogP contribution is 2.33. The fourth-order valence-electron chi connectivity index (χ4n) is 3.70. The third-order valence-corrected chi connectivity index (χ3v) is 7.27. The number of nitrogens with zero attached hydrogens (tertiary/aromatic N) is 2. The molecule has 1 heterocycles. The molecule has 1 amide bonds. The Morgan fingerprint density at radius 1 is 1.00 bits per heavy atom. The van der Waals surface area contributed by atoms with Gasteiger partial charge in [-0.3, -0.25) is 4.79 Å². The van der Waals surface area contributed by atoms with Crippen LogP contribution in [0.2, 0.25) is 0 Å². The van der Waals surface area contributed by atoms with Crippen LogP contribution < -0.4 is 10.2 Å². The van der Waals surface area contributed by atoms with Gasteiger partial charge in [-0.15, -0.1) is 0 Å². The van der Waals surface area contributed by atoms with E-state index < -0.39 is 10.0 Å². The van der Waals surface area contributed by atoms with E-state index in [1.54, 1.807) is 29.2 Å². The summed E-state index contributed by atoms with van der Waals surface area (Å²) >= 11 is 0. The van der Waals surface area contributed by atoms with Crippen LogP contribution >= 0.6 is 0 Å². The highest BCUT2D eigenvalue weighted by atomic mass is 32.2. The molecular formula is C24H25N3O3S. The Labute approximate surface area is 183 Å². The summed E-state index contributed by atoms with van der Waals surface area (Å²) < 4.78 is 26.3. The quantitative estimate of drug-likeness (QED) is 0.640. The fourth-order valence-corrected chi connectivity index (χ4v) is 4.63. The summed E-state index contributed by atoms with van der Waals surface area (Å²) in [5.41, 5.74) is 4.07. The molecule has 1 N–H and O–H groups in total. The second kappa shape index (κ2) is 8.53. The van der Waals surface area contributed by atoms with Crippen LogP contribution in [0.15, 0.2) is 77.7 Å². The first-order valence-corrected chi connectivity index (χ1v) is 11.6. The van der Waals surface area contributed by atoms with Gasteiger partial charge in [0.05, 0.1) is 10.5 Å². The largest absolute Gasteiger partial charge is 0.380 e. The number of anilines is 2. The second-order valence-electron chi connectivity index (χ2n) is 7.67. The Kier molecular flexibility index (Phi) is 5.80. The van der Waals surface area contributed by atoms with Crippen LogP contribution in [0.25, 0.3) is 0 Å². The molecule has 7 heteroatoms. The summed E-state index contributed by atoms with van der Waals surface area (Å²) in [6.45, 7) is 1.12. The Hall–Kier alpha value is -3.16. The first-order valence-electron chi connectivity index (χ1n) is 10.1. The SMILES string of the molecule is CN(C)S(=O)(=O)c1ccc2c(c1)N(C(=O)c1ccccc1NCc1ccccc1)CC2. The van der Waals surface area contributed by atoms with Crippen molar-refractivity contribution >= 4 is 27.3 Å². The maximum absolute atomic E-state index is 13.5. The van der Waals surface area contributed by atoms with Gasteiger partial charge in [-0.05, 0) is 41.8 Å². The van der Waals surface area contributed by atoms with Crippen LogP contribution in [0.1, 0.15) is 21.5 Å². The van der Waals surface area contributed by atoms with Crippen LogP contribution in [0, 0.1) is 0 Å². The lowest BCUT2D eigenvalue weighted by atomic mass is 10.1. The zero-order valence-electron chi connectivity index (χ0n) is 17.6. The number of rotatable bonds is 6. The summed E-state index contributed by atoms with van der Waals surface area (Å²) in [5.74, 6) is -0.144. The molecule has 6 nitrogen and oxygen atoms in total. The molecule has 0 spiro atoms. The number of fused-ring (bicyclic) bond motifs is 1. The number of amides is 1. The Bertz CT molecular complexity index is 1210. The van der Waals surface area contributed by atoms with Crippen molar-refractivity contribution in [3.8, 4) is 0 Å². The lowest BCUT2D eigenvalue weighted by molar-refractivity contribution is 0.0990. The van der Waals surface area contributed by atoms with Crippen LogP contribution in [0.3, 0.4) is 0 Å². The van der Waals surface area contributed by atoms with Gasteiger partial charge in [0.15, 0.2) is 0 Å². The standard InChI is InChI=1S/C24H25N3O3S/c1-26(2)31(29,30)20-13-12-19-14-15-27(23(19)16-20)24(28)21-10-6-7-11-22(21)25-17-18-8-4-3-5-9-18/h3-13,16,25H,14-15,17H2,1-2H3. The summed E-state index contributed by atoms with van der Waals surface area (Å²) in [6, 6.07) is 22.4. The molecule has 0 aliphatic carbocycles. The molecular weight excluding hydrogens is 410 g/mol. The smallest absolute Gasteiger partial charge is 0.260 e. The number of nitrogens with one attached hydrogen (secondary N) is 1. The number of hydrogen-bond donors (Lipinski definition) is 1. The summed E-state index contributed by atoms with van der Waals surface area (Å²) in [4.78, 5) is 15.3. The van der Waals surface area contributed by atoms with Gasteiger partial charge >= 0.3 is 0 Å². The predicted octanol–water partition coefficient (Wildman–Crippen LogP) is 3.75. The Morgan fingerprint density at radius 2 is 1.71 bits per heavy atom. The molecule has 4 rings (SSSR count). The maximum Gasteiger partial charge on any atom is 0.260 e. The van der Waals surface area contributed by atoms with Crippen molar-refractivity contribution in [3.05, 3.63) is 89.5 Å². The van der Waals surface area contributed by atoms with Crippen molar-refractivity contribution in [2.45, 2.75) is 17.9 Å². The van der Waals surface area contributed by atoms with Crippen molar-refractivity contribution < 1.29 is 13.2 Å². The minimum Gasteiger partial charge on any atom is -0.380 e. The van der Waals surface area contributed by atoms with E-state index in [0.717, 1.165) is 16.8 Å². The normalized spacial score (nSPS) is 13.3. The number of carbonyl (C=O) groups excluding carboxylic acids is 1. The molecule has 3 aromatic carbocycles. The minimum absolute atomic E-state index is 0.144. The second-order valence-corrected chi connectivity index (χ2v) is 9.82. The maximum atomic E-state index is 13.5. The van der Waals surface area contributed by atoms with Gasteiger partial charge in [-0.2, -0.15) is 0 Å². The molecule has 31 heavy (non-hydrogen) atoms. The molecule has 160 valence electrons. The Morgan fingerprint density at radius 3 is 2.45 bits per heavy atom. The van der Waals surface area contributed by atoms with Gasteiger partial charge in [-0.25, -0.2) is 12.7 Å². The van der Waals surface area contributed by atoms with Gasteiger partial charge in [0, 0.05) is 38.6 Å². The molecule has 1 aliphatic rings. The van der Waals surface area contributed by atoms with E-state index in [-0.39, 0.29) is 10.8 Å². The molecule has 0 atom stereocenters. The van der Waals surface area contributed by atoms with Gasteiger partial charge in [0.1, 0.15) is 0 Å². The molecule has 3 aromatic rings. The number of para-hydroxylation sites is 1. The first kappa shape index (κ1) is 21.1. The predicted molar refractivity (Wildman–Crippen MR) is 123 cm³/mol. The molecule has 0 bridgehead atoms. The number of benzene rings is 3. The minimum atomic E-state index is -3.58. The van der Waals surface area contributed by atoms with Gasteiger partial charge in [0.25, 0.3) is 5.91 Å². The number of carbonyl (C=O) groups is 1. The summed E-state index contributed by atoms with van der Waals surface area (Å²) in [6.07, 6.45) is 0.697.